The number of nitrogens with one attached hydrogen (secondary N) is 1. The molecule has 2 rings (SSSR count). The van der Waals surface area contributed by atoms with Crippen LogP contribution in [-0.4, -0.2) is 23.1 Å². The second-order valence-electron chi connectivity index (χ2n) is 4.32. The van der Waals surface area contributed by atoms with E-state index in [-0.39, 0.29) is 17.9 Å². The predicted octanol–water partition coefficient (Wildman–Crippen LogP) is 3.39. The Balaban J connectivity index is 2.48. The molecule has 1 aromatic carbocycles. The number of hydrogen-bond acceptors (Lipinski definition) is 4. The van der Waals surface area contributed by atoms with E-state index in [1.165, 1.54) is 24.3 Å². The van der Waals surface area contributed by atoms with E-state index >= 15 is 0 Å². The molecule has 1 N–H and O–H groups in total. The van der Waals surface area contributed by atoms with Gasteiger partial charge in [0.2, 0.25) is 0 Å². The molecule has 0 fully saturated rings. The maximum atomic E-state index is 13.9. The molecule has 0 aliphatic heterocycles. The molecule has 0 radical (unpaired) electrons. The molecule has 1 heterocycles. The summed E-state index contributed by atoms with van der Waals surface area (Å²) in [6.45, 7) is 5.11. The smallest absolute Gasteiger partial charge is 0.157 e. The average molecular weight is 293 g/mol. The Morgan fingerprint density at radius 1 is 1.14 bits per heavy atom. The van der Waals surface area contributed by atoms with Gasteiger partial charge in [-0.3, -0.25) is 0 Å². The molecule has 0 aliphatic rings. The van der Waals surface area contributed by atoms with Gasteiger partial charge < -0.3 is 10.1 Å². The van der Waals surface area contributed by atoms with E-state index in [4.69, 9.17) is 4.74 Å². The Bertz CT molecular complexity index is 600. The van der Waals surface area contributed by atoms with E-state index in [1.807, 2.05) is 13.8 Å². The molecule has 6 heteroatoms. The van der Waals surface area contributed by atoms with Crippen LogP contribution in [-0.2, 0) is 11.3 Å². The van der Waals surface area contributed by atoms with Crippen molar-refractivity contribution in [2.75, 3.05) is 18.5 Å². The third-order valence-corrected chi connectivity index (χ3v) is 2.78. The highest BCUT2D eigenvalue weighted by molar-refractivity contribution is 5.63. The number of halogens is 2. The monoisotopic (exact) mass is 293 g/mol. The van der Waals surface area contributed by atoms with Crippen LogP contribution in [0.3, 0.4) is 0 Å². The van der Waals surface area contributed by atoms with Gasteiger partial charge in [0, 0.05) is 19.2 Å². The molecule has 0 amide bonds. The van der Waals surface area contributed by atoms with Gasteiger partial charge >= 0.3 is 0 Å². The quantitative estimate of drug-likeness (QED) is 0.887. The van der Waals surface area contributed by atoms with Crippen LogP contribution in [0.5, 0.6) is 0 Å². The van der Waals surface area contributed by atoms with Crippen molar-refractivity contribution in [3.63, 3.8) is 0 Å². The second kappa shape index (κ2) is 7.08. The zero-order chi connectivity index (χ0) is 15.2. The van der Waals surface area contributed by atoms with Crippen LogP contribution < -0.4 is 5.32 Å². The van der Waals surface area contributed by atoms with Gasteiger partial charge in [0.1, 0.15) is 24.1 Å². The first kappa shape index (κ1) is 15.3. The van der Waals surface area contributed by atoms with Crippen LogP contribution in [0.1, 0.15) is 19.7 Å². The molecular formula is C15H17F2N3O. The minimum atomic E-state index is -0.654. The molecule has 21 heavy (non-hydrogen) atoms. The van der Waals surface area contributed by atoms with Crippen molar-refractivity contribution in [3.8, 4) is 11.3 Å². The number of hydrogen-bond donors (Lipinski definition) is 1. The first-order valence-electron chi connectivity index (χ1n) is 6.79. The first-order valence-corrected chi connectivity index (χ1v) is 6.79. The fraction of sp³-hybridized carbons (Fsp3) is 0.333. The van der Waals surface area contributed by atoms with Gasteiger partial charge in [-0.05, 0) is 26.0 Å². The third kappa shape index (κ3) is 3.72. The summed E-state index contributed by atoms with van der Waals surface area (Å²) < 4.78 is 33.0. The molecule has 4 nitrogen and oxygen atoms in total. The number of ether oxygens (including phenoxy) is 1. The summed E-state index contributed by atoms with van der Waals surface area (Å²) >= 11 is 0. The minimum absolute atomic E-state index is 0.156. The summed E-state index contributed by atoms with van der Waals surface area (Å²) in [4.78, 5) is 8.44. The maximum absolute atomic E-state index is 13.9. The Hall–Kier alpha value is -2.08. The van der Waals surface area contributed by atoms with Crippen molar-refractivity contribution < 1.29 is 13.5 Å². The van der Waals surface area contributed by atoms with Crippen molar-refractivity contribution in [1.82, 2.24) is 9.97 Å². The van der Waals surface area contributed by atoms with Crippen LogP contribution in [0.15, 0.2) is 24.3 Å². The van der Waals surface area contributed by atoms with Crippen molar-refractivity contribution in [2.45, 2.75) is 20.5 Å². The van der Waals surface area contributed by atoms with Gasteiger partial charge in [-0.1, -0.05) is 6.07 Å². The molecule has 0 saturated carbocycles. The number of rotatable bonds is 6. The number of anilines is 1. The summed E-state index contributed by atoms with van der Waals surface area (Å²) in [7, 11) is 0. The zero-order valence-electron chi connectivity index (χ0n) is 12.0. The number of benzene rings is 1. The van der Waals surface area contributed by atoms with E-state index in [1.54, 1.807) is 0 Å². The molecule has 1 aromatic heterocycles. The van der Waals surface area contributed by atoms with Crippen molar-refractivity contribution in [3.05, 3.63) is 41.7 Å². The summed E-state index contributed by atoms with van der Waals surface area (Å²) in [6, 6.07) is 5.26. The standard InChI is InChI=1S/C15H17F2N3O/c1-3-18-13-8-12(19-14(20-13)9-21-4-2)15-10(16)6-5-7-11(15)17/h5-8H,3-4,9H2,1-2H3,(H,18,19,20). The van der Waals surface area contributed by atoms with Gasteiger partial charge in [0.05, 0.1) is 11.3 Å². The van der Waals surface area contributed by atoms with E-state index in [9.17, 15) is 8.78 Å². The molecule has 0 atom stereocenters. The Morgan fingerprint density at radius 2 is 1.86 bits per heavy atom. The summed E-state index contributed by atoms with van der Waals surface area (Å²) in [6.07, 6.45) is 0. The van der Waals surface area contributed by atoms with Crippen LogP contribution in [0.4, 0.5) is 14.6 Å². The van der Waals surface area contributed by atoms with Gasteiger partial charge in [-0.25, -0.2) is 18.7 Å². The van der Waals surface area contributed by atoms with Gasteiger partial charge in [-0.2, -0.15) is 0 Å². The molecule has 112 valence electrons. The topological polar surface area (TPSA) is 47.0 Å². The molecule has 0 bridgehead atoms. The highest BCUT2D eigenvalue weighted by Gasteiger charge is 2.15. The number of nitrogens with zero attached hydrogens (tertiary/aromatic N) is 2. The molecular weight excluding hydrogens is 276 g/mol. The lowest BCUT2D eigenvalue weighted by Crippen LogP contribution is -2.07. The maximum Gasteiger partial charge on any atom is 0.157 e. The Morgan fingerprint density at radius 3 is 2.48 bits per heavy atom. The lowest BCUT2D eigenvalue weighted by atomic mass is 10.1. The summed E-state index contributed by atoms with van der Waals surface area (Å²) in [5, 5.41) is 3.02. The first-order chi connectivity index (χ1) is 10.2. The van der Waals surface area contributed by atoms with Crippen LogP contribution in [0.25, 0.3) is 11.3 Å². The molecule has 0 saturated heterocycles. The van der Waals surface area contributed by atoms with Crippen LogP contribution in [0, 0.1) is 11.6 Å². The van der Waals surface area contributed by atoms with Gasteiger partial charge in [0.15, 0.2) is 5.82 Å². The fourth-order valence-electron chi connectivity index (χ4n) is 1.90. The highest BCUT2D eigenvalue weighted by atomic mass is 19.1. The van der Waals surface area contributed by atoms with Crippen LogP contribution in [0.2, 0.25) is 0 Å². The van der Waals surface area contributed by atoms with E-state index < -0.39 is 11.6 Å². The second-order valence-corrected chi connectivity index (χ2v) is 4.32. The molecule has 0 spiro atoms. The van der Waals surface area contributed by atoms with E-state index in [2.05, 4.69) is 15.3 Å². The average Bonchev–Trinajstić information content (AvgIpc) is 2.45. The largest absolute Gasteiger partial charge is 0.374 e. The van der Waals surface area contributed by atoms with Crippen molar-refractivity contribution in [2.24, 2.45) is 0 Å². The molecule has 2 aromatic rings. The molecule has 0 aliphatic carbocycles. The predicted molar refractivity (Wildman–Crippen MR) is 76.9 cm³/mol. The summed E-state index contributed by atoms with van der Waals surface area (Å²) in [5.41, 5.74) is 0.0445. The SMILES string of the molecule is CCNc1cc(-c2c(F)cccc2F)nc(COCC)n1. The fourth-order valence-corrected chi connectivity index (χ4v) is 1.90. The summed E-state index contributed by atoms with van der Waals surface area (Å²) in [5.74, 6) is -0.412. The minimum Gasteiger partial charge on any atom is -0.374 e. The normalized spacial score (nSPS) is 10.7. The van der Waals surface area contributed by atoms with Gasteiger partial charge in [-0.15, -0.1) is 0 Å². The van der Waals surface area contributed by atoms with Crippen LogP contribution >= 0.6 is 0 Å². The Kier molecular flexibility index (Phi) is 5.16. The van der Waals surface area contributed by atoms with E-state index in [0.717, 1.165) is 0 Å². The Labute approximate surface area is 122 Å². The van der Waals surface area contributed by atoms with Crippen molar-refractivity contribution in [1.29, 1.82) is 0 Å². The van der Waals surface area contributed by atoms with Gasteiger partial charge in [0.25, 0.3) is 0 Å². The lowest BCUT2D eigenvalue weighted by molar-refractivity contribution is 0.128. The number of aromatic nitrogens is 2. The third-order valence-electron chi connectivity index (χ3n) is 2.78. The molecule has 0 unspecified atom stereocenters. The highest BCUT2D eigenvalue weighted by Crippen LogP contribution is 2.26. The van der Waals surface area contributed by atoms with E-state index in [0.29, 0.717) is 24.8 Å². The lowest BCUT2D eigenvalue weighted by Gasteiger charge is -2.10. The van der Waals surface area contributed by atoms with Crippen molar-refractivity contribution >= 4 is 5.82 Å². The zero-order valence-corrected chi connectivity index (χ0v) is 12.0.